The van der Waals surface area contributed by atoms with Gasteiger partial charge in [0.15, 0.2) is 0 Å². The normalized spacial score (nSPS) is 10.0. The molecule has 0 saturated carbocycles. The molecule has 0 spiro atoms. The van der Waals surface area contributed by atoms with Crippen molar-refractivity contribution in [1.29, 1.82) is 0 Å². The third kappa shape index (κ3) is 7.45. The van der Waals surface area contributed by atoms with Crippen LogP contribution in [0, 0.1) is 13.8 Å². The van der Waals surface area contributed by atoms with Crippen molar-refractivity contribution in [2.24, 2.45) is 0 Å². The van der Waals surface area contributed by atoms with E-state index in [9.17, 15) is 19.2 Å². The summed E-state index contributed by atoms with van der Waals surface area (Å²) in [6.45, 7) is 3.82. The number of nitrogens with one attached hydrogen (secondary N) is 4. The van der Waals surface area contributed by atoms with Gasteiger partial charge in [-0.15, -0.1) is 0 Å². The summed E-state index contributed by atoms with van der Waals surface area (Å²) in [5, 5.41) is 0. The number of carbonyl (C=O) groups excluding carboxylic acids is 4. The fourth-order valence-electron chi connectivity index (χ4n) is 2.34. The van der Waals surface area contributed by atoms with Gasteiger partial charge in [0.2, 0.25) is 11.8 Å². The number of hydrogen-bond donors (Lipinski definition) is 4. The van der Waals surface area contributed by atoms with Gasteiger partial charge in [-0.3, -0.25) is 40.9 Å². The average Bonchev–Trinajstić information content (AvgIpc) is 2.71. The van der Waals surface area contributed by atoms with E-state index in [1.54, 1.807) is 48.5 Å². The first-order valence-electron chi connectivity index (χ1n) is 9.17. The molecule has 0 saturated heterocycles. The number of amides is 4. The Balaban J connectivity index is 1.62. The Labute approximate surface area is 169 Å². The fourth-order valence-corrected chi connectivity index (χ4v) is 2.34. The highest BCUT2D eigenvalue weighted by Gasteiger charge is 2.10. The molecule has 0 radical (unpaired) electrons. The second-order valence-electron chi connectivity index (χ2n) is 6.59. The quantitative estimate of drug-likeness (QED) is 0.556. The lowest BCUT2D eigenvalue weighted by Gasteiger charge is -2.09. The molecule has 0 aliphatic carbocycles. The molecule has 0 unspecified atom stereocenters. The Morgan fingerprint density at radius 2 is 0.931 bits per heavy atom. The van der Waals surface area contributed by atoms with E-state index < -0.39 is 23.6 Å². The van der Waals surface area contributed by atoms with Crippen molar-refractivity contribution in [2.75, 3.05) is 0 Å². The van der Waals surface area contributed by atoms with Crippen molar-refractivity contribution in [1.82, 2.24) is 21.7 Å². The van der Waals surface area contributed by atoms with Crippen molar-refractivity contribution >= 4 is 23.6 Å². The molecule has 8 nitrogen and oxygen atoms in total. The molecule has 8 heteroatoms. The number of rotatable bonds is 6. The number of hydrazine groups is 2. The van der Waals surface area contributed by atoms with Crippen molar-refractivity contribution < 1.29 is 19.2 Å². The maximum atomic E-state index is 11.9. The Kier molecular flexibility index (Phi) is 7.90. The van der Waals surface area contributed by atoms with Crippen LogP contribution in [0.15, 0.2) is 48.5 Å². The lowest BCUT2D eigenvalue weighted by Crippen LogP contribution is -2.42. The molecule has 0 aromatic heterocycles. The molecule has 2 rings (SSSR count). The van der Waals surface area contributed by atoms with Gasteiger partial charge in [-0.2, -0.15) is 0 Å². The molecule has 152 valence electrons. The van der Waals surface area contributed by atoms with Gasteiger partial charge in [-0.25, -0.2) is 0 Å². The minimum absolute atomic E-state index is 0.0491. The second kappa shape index (κ2) is 10.6. The maximum absolute atomic E-state index is 11.9. The van der Waals surface area contributed by atoms with E-state index in [1.165, 1.54) is 0 Å². The van der Waals surface area contributed by atoms with E-state index >= 15 is 0 Å². The molecule has 2 aromatic carbocycles. The molecule has 4 N–H and O–H groups in total. The fraction of sp³-hybridized carbons (Fsp3) is 0.238. The molecule has 0 aliphatic heterocycles. The Morgan fingerprint density at radius 1 is 0.586 bits per heavy atom. The van der Waals surface area contributed by atoms with Crippen LogP contribution in [0.3, 0.4) is 0 Å². The molecule has 0 fully saturated rings. The predicted octanol–water partition coefficient (Wildman–Crippen LogP) is 1.70. The van der Waals surface area contributed by atoms with Crippen molar-refractivity contribution in [3.05, 3.63) is 70.8 Å². The Hall–Kier alpha value is -3.68. The topological polar surface area (TPSA) is 116 Å². The number of hydrogen-bond acceptors (Lipinski definition) is 4. The first-order valence-corrected chi connectivity index (χ1v) is 9.17. The van der Waals surface area contributed by atoms with Crippen LogP contribution < -0.4 is 21.7 Å². The molecule has 4 amide bonds. The zero-order valence-corrected chi connectivity index (χ0v) is 16.4. The lowest BCUT2D eigenvalue weighted by molar-refractivity contribution is -0.123. The third-order valence-electron chi connectivity index (χ3n) is 4.07. The van der Waals surface area contributed by atoms with Gasteiger partial charge >= 0.3 is 0 Å². The molecule has 2 aromatic rings. The van der Waals surface area contributed by atoms with E-state index in [0.29, 0.717) is 11.1 Å². The predicted molar refractivity (Wildman–Crippen MR) is 107 cm³/mol. The van der Waals surface area contributed by atoms with Crippen LogP contribution in [0.5, 0.6) is 0 Å². The van der Waals surface area contributed by atoms with E-state index in [4.69, 9.17) is 0 Å². The summed E-state index contributed by atoms with van der Waals surface area (Å²) in [6, 6.07) is 13.8. The van der Waals surface area contributed by atoms with Crippen LogP contribution in [0.4, 0.5) is 0 Å². The van der Waals surface area contributed by atoms with Gasteiger partial charge in [0, 0.05) is 24.0 Å². The molecule has 0 atom stereocenters. The lowest BCUT2D eigenvalue weighted by atomic mass is 10.1. The van der Waals surface area contributed by atoms with Crippen LogP contribution >= 0.6 is 0 Å². The smallest absolute Gasteiger partial charge is 0.269 e. The summed E-state index contributed by atoms with van der Waals surface area (Å²) >= 11 is 0. The van der Waals surface area contributed by atoms with E-state index in [1.807, 2.05) is 13.8 Å². The van der Waals surface area contributed by atoms with Crippen molar-refractivity contribution in [2.45, 2.75) is 33.1 Å². The van der Waals surface area contributed by atoms with Crippen molar-refractivity contribution in [3.8, 4) is 0 Å². The van der Waals surface area contributed by atoms with Gasteiger partial charge in [0.25, 0.3) is 11.8 Å². The zero-order chi connectivity index (χ0) is 21.2. The first-order chi connectivity index (χ1) is 13.8. The molecule has 29 heavy (non-hydrogen) atoms. The van der Waals surface area contributed by atoms with E-state index in [-0.39, 0.29) is 19.3 Å². The van der Waals surface area contributed by atoms with Gasteiger partial charge in [-0.1, -0.05) is 35.4 Å². The van der Waals surface area contributed by atoms with Crippen LogP contribution in [0.2, 0.25) is 0 Å². The SMILES string of the molecule is Cc1ccc(C(=O)NNC(=O)CCCC(=O)NNC(=O)c2ccc(C)cc2)cc1. The van der Waals surface area contributed by atoms with Crippen molar-refractivity contribution in [3.63, 3.8) is 0 Å². The van der Waals surface area contributed by atoms with E-state index in [2.05, 4.69) is 21.7 Å². The summed E-state index contributed by atoms with van der Waals surface area (Å²) in [6.07, 6.45) is 0.361. The van der Waals surface area contributed by atoms with Gasteiger partial charge < -0.3 is 0 Å². The van der Waals surface area contributed by atoms with Crippen LogP contribution in [0.1, 0.15) is 51.1 Å². The zero-order valence-electron chi connectivity index (χ0n) is 16.4. The molecule has 0 aliphatic rings. The third-order valence-corrected chi connectivity index (χ3v) is 4.07. The number of carbonyl (C=O) groups is 4. The van der Waals surface area contributed by atoms with Gasteiger partial charge in [-0.05, 0) is 44.5 Å². The number of benzene rings is 2. The maximum Gasteiger partial charge on any atom is 0.269 e. The van der Waals surface area contributed by atoms with Crippen LogP contribution in [-0.2, 0) is 9.59 Å². The van der Waals surface area contributed by atoms with E-state index in [0.717, 1.165) is 11.1 Å². The summed E-state index contributed by atoms with van der Waals surface area (Å²) in [7, 11) is 0. The highest BCUT2D eigenvalue weighted by atomic mass is 16.2. The first kappa shape index (κ1) is 21.6. The highest BCUT2D eigenvalue weighted by Crippen LogP contribution is 2.03. The van der Waals surface area contributed by atoms with Crippen LogP contribution in [0.25, 0.3) is 0 Å². The molecule has 0 bridgehead atoms. The van der Waals surface area contributed by atoms with Gasteiger partial charge in [0.1, 0.15) is 0 Å². The second-order valence-corrected chi connectivity index (χ2v) is 6.59. The Bertz CT molecular complexity index is 803. The Morgan fingerprint density at radius 3 is 1.28 bits per heavy atom. The summed E-state index contributed by atoms with van der Waals surface area (Å²) in [5.74, 6) is -1.67. The summed E-state index contributed by atoms with van der Waals surface area (Å²) in [5.41, 5.74) is 12.2. The minimum Gasteiger partial charge on any atom is -0.273 e. The molecular formula is C21H24N4O4. The van der Waals surface area contributed by atoms with Gasteiger partial charge in [0.05, 0.1) is 0 Å². The summed E-state index contributed by atoms with van der Waals surface area (Å²) < 4.78 is 0. The number of aryl methyl sites for hydroxylation is 2. The monoisotopic (exact) mass is 396 g/mol. The minimum atomic E-state index is -0.421. The average molecular weight is 396 g/mol. The largest absolute Gasteiger partial charge is 0.273 e. The molecule has 0 heterocycles. The highest BCUT2D eigenvalue weighted by molar-refractivity contribution is 5.96. The van der Waals surface area contributed by atoms with Crippen LogP contribution in [-0.4, -0.2) is 23.6 Å². The standard InChI is InChI=1S/C21H24N4O4/c1-14-6-10-16(11-7-14)20(28)24-22-18(26)4-3-5-19(27)23-25-21(29)17-12-8-15(2)9-13-17/h6-13H,3-5H2,1-2H3,(H,22,26)(H,23,27)(H,24,28)(H,25,29). The summed E-state index contributed by atoms with van der Waals surface area (Å²) in [4.78, 5) is 47.3. The molecular weight excluding hydrogens is 372 g/mol.